The maximum atomic E-state index is 12.7. The Hall–Kier alpha value is -3.14. The van der Waals surface area contributed by atoms with Crippen molar-refractivity contribution in [3.63, 3.8) is 0 Å². The molecule has 4 heterocycles. The van der Waals surface area contributed by atoms with Gasteiger partial charge in [-0.25, -0.2) is 9.69 Å². The highest BCUT2D eigenvalue weighted by atomic mass is 35.5. The predicted molar refractivity (Wildman–Crippen MR) is 128 cm³/mol. The smallest absolute Gasteiger partial charge is 0.418 e. The number of rotatable bonds is 5. The molecule has 1 aromatic carbocycles. The lowest BCUT2D eigenvalue weighted by Crippen LogP contribution is -2.35. The van der Waals surface area contributed by atoms with Crippen molar-refractivity contribution in [2.75, 3.05) is 31.6 Å². The molecule has 180 valence electrons. The van der Waals surface area contributed by atoms with Crippen LogP contribution in [0.25, 0.3) is 11.6 Å². The summed E-state index contributed by atoms with van der Waals surface area (Å²) in [7, 11) is 0. The minimum atomic E-state index is -1.16. The van der Waals surface area contributed by atoms with Gasteiger partial charge in [0.25, 0.3) is 11.8 Å². The summed E-state index contributed by atoms with van der Waals surface area (Å²) < 4.78 is 10.6. The summed E-state index contributed by atoms with van der Waals surface area (Å²) in [5.41, 5.74) is 3.52. The number of imide groups is 1. The Balaban J connectivity index is 0.00000274. The third-order valence-electron chi connectivity index (χ3n) is 6.11. The van der Waals surface area contributed by atoms with Crippen molar-refractivity contribution in [2.24, 2.45) is 0 Å². The van der Waals surface area contributed by atoms with Gasteiger partial charge in [-0.05, 0) is 49.2 Å². The maximum absolute atomic E-state index is 12.7. The highest BCUT2D eigenvalue weighted by Gasteiger charge is 2.47. The SMILES string of the molecule is CC1(C)OC(=O)N(Cc2ccc3c(c2)/C(=C/c2cc(CN4CCOCC4)c[nH]2)C(=O)N3)C1=O.Cl. The highest BCUT2D eigenvalue weighted by molar-refractivity contribution is 6.34. The quantitative estimate of drug-likeness (QED) is 0.630. The van der Waals surface area contributed by atoms with E-state index in [4.69, 9.17) is 9.47 Å². The van der Waals surface area contributed by atoms with Crippen LogP contribution >= 0.6 is 12.4 Å². The summed E-state index contributed by atoms with van der Waals surface area (Å²) in [6, 6.07) is 7.46. The van der Waals surface area contributed by atoms with Gasteiger partial charge in [-0.15, -0.1) is 12.4 Å². The van der Waals surface area contributed by atoms with Crippen LogP contribution in [-0.4, -0.2) is 64.6 Å². The second-order valence-corrected chi connectivity index (χ2v) is 9.01. The highest BCUT2D eigenvalue weighted by Crippen LogP contribution is 2.35. The molecule has 0 bridgehead atoms. The monoisotopic (exact) mass is 486 g/mol. The lowest BCUT2D eigenvalue weighted by atomic mass is 10.0. The molecule has 3 aliphatic heterocycles. The summed E-state index contributed by atoms with van der Waals surface area (Å²) in [4.78, 5) is 43.9. The molecule has 0 atom stereocenters. The van der Waals surface area contributed by atoms with E-state index in [1.165, 1.54) is 0 Å². The molecule has 1 aromatic heterocycles. The number of anilines is 1. The van der Waals surface area contributed by atoms with Gasteiger partial charge in [0.2, 0.25) is 0 Å². The van der Waals surface area contributed by atoms with Gasteiger partial charge < -0.3 is 19.8 Å². The zero-order valence-electron chi connectivity index (χ0n) is 19.1. The summed E-state index contributed by atoms with van der Waals surface area (Å²) in [6.45, 7) is 7.37. The van der Waals surface area contributed by atoms with Crippen LogP contribution < -0.4 is 5.32 Å². The van der Waals surface area contributed by atoms with Crippen LogP contribution in [0.2, 0.25) is 0 Å². The molecule has 2 N–H and O–H groups in total. The number of H-pyrrole nitrogens is 1. The number of carbonyl (C=O) groups excluding carboxylic acids is 3. The Kier molecular flexibility index (Phi) is 6.53. The molecule has 34 heavy (non-hydrogen) atoms. The number of halogens is 1. The van der Waals surface area contributed by atoms with Gasteiger partial charge in [0.15, 0.2) is 5.60 Å². The number of carbonyl (C=O) groups is 3. The third kappa shape index (κ3) is 4.59. The number of aromatic amines is 1. The molecule has 2 aromatic rings. The summed E-state index contributed by atoms with van der Waals surface area (Å²) in [6.07, 6.45) is 3.12. The fourth-order valence-corrected chi connectivity index (χ4v) is 4.33. The van der Waals surface area contributed by atoms with Crippen LogP contribution in [0.5, 0.6) is 0 Å². The van der Waals surface area contributed by atoms with Crippen LogP contribution in [0.15, 0.2) is 30.5 Å². The summed E-state index contributed by atoms with van der Waals surface area (Å²) in [5, 5.41) is 2.88. The fraction of sp³-hybridized carbons (Fsp3) is 0.375. The zero-order valence-corrected chi connectivity index (χ0v) is 19.9. The van der Waals surface area contributed by atoms with Gasteiger partial charge in [-0.2, -0.15) is 0 Å². The number of fused-ring (bicyclic) bond motifs is 1. The average molecular weight is 487 g/mol. The number of aromatic nitrogens is 1. The van der Waals surface area contributed by atoms with Crippen LogP contribution in [0, 0.1) is 0 Å². The normalized spacial score (nSPS) is 20.8. The molecule has 10 heteroatoms. The predicted octanol–water partition coefficient (Wildman–Crippen LogP) is 3.02. The van der Waals surface area contributed by atoms with Crippen molar-refractivity contribution in [1.29, 1.82) is 0 Å². The fourth-order valence-electron chi connectivity index (χ4n) is 4.33. The van der Waals surface area contributed by atoms with E-state index >= 15 is 0 Å². The van der Waals surface area contributed by atoms with Gasteiger partial charge in [-0.1, -0.05) is 6.07 Å². The Labute approximate surface area is 203 Å². The first-order valence-corrected chi connectivity index (χ1v) is 11.0. The number of nitrogens with one attached hydrogen (secondary N) is 2. The van der Waals surface area contributed by atoms with Crippen molar-refractivity contribution >= 4 is 47.7 Å². The topological polar surface area (TPSA) is 104 Å². The van der Waals surface area contributed by atoms with E-state index in [0.717, 1.165) is 60.1 Å². The van der Waals surface area contributed by atoms with Crippen LogP contribution in [-0.2, 0) is 32.2 Å². The first-order chi connectivity index (χ1) is 15.8. The van der Waals surface area contributed by atoms with Crippen LogP contribution in [0.1, 0.15) is 36.2 Å². The number of nitrogens with zero attached hydrogens (tertiary/aromatic N) is 2. The molecule has 2 fully saturated rings. The first kappa shape index (κ1) is 24.0. The number of ether oxygens (including phenoxy) is 2. The molecule has 0 unspecified atom stereocenters. The van der Waals surface area contributed by atoms with E-state index in [0.29, 0.717) is 11.3 Å². The molecular formula is C24H27ClN4O5. The van der Waals surface area contributed by atoms with Gasteiger partial charge >= 0.3 is 6.09 Å². The Bertz CT molecular complexity index is 1170. The number of morpholine rings is 1. The standard InChI is InChI=1S/C24H26N4O5.ClH/c1-24(2)22(30)28(23(31)33-24)14-15-3-4-20-18(10-15)19(21(29)26-20)11-17-9-16(12-25-17)13-27-5-7-32-8-6-27;/h3-4,9-12,25H,5-8,13-14H2,1-2H3,(H,26,29);1H/b19-11-;. The molecular weight excluding hydrogens is 460 g/mol. The lowest BCUT2D eigenvalue weighted by Gasteiger charge is -2.25. The van der Waals surface area contributed by atoms with E-state index in [9.17, 15) is 14.4 Å². The average Bonchev–Trinajstić information content (AvgIpc) is 3.40. The van der Waals surface area contributed by atoms with E-state index in [2.05, 4.69) is 15.2 Å². The second kappa shape index (κ2) is 9.25. The minimum Gasteiger partial charge on any atom is -0.433 e. The van der Waals surface area contributed by atoms with E-state index in [1.54, 1.807) is 26.0 Å². The van der Waals surface area contributed by atoms with Crippen molar-refractivity contribution < 1.29 is 23.9 Å². The zero-order chi connectivity index (χ0) is 23.2. The van der Waals surface area contributed by atoms with Crippen molar-refractivity contribution in [3.8, 4) is 0 Å². The number of hydrogen-bond donors (Lipinski definition) is 2. The van der Waals surface area contributed by atoms with Gasteiger partial charge in [0.05, 0.1) is 25.3 Å². The van der Waals surface area contributed by atoms with Crippen LogP contribution in [0.3, 0.4) is 0 Å². The molecule has 2 saturated heterocycles. The van der Waals surface area contributed by atoms with Gasteiger partial charge in [-0.3, -0.25) is 14.5 Å². The largest absolute Gasteiger partial charge is 0.433 e. The maximum Gasteiger partial charge on any atom is 0.418 e. The number of hydrogen-bond acceptors (Lipinski definition) is 6. The molecule has 9 nitrogen and oxygen atoms in total. The van der Waals surface area contributed by atoms with Crippen molar-refractivity contribution in [3.05, 3.63) is 52.8 Å². The van der Waals surface area contributed by atoms with E-state index in [1.807, 2.05) is 24.4 Å². The first-order valence-electron chi connectivity index (χ1n) is 11.0. The Morgan fingerprint density at radius 1 is 1.06 bits per heavy atom. The van der Waals surface area contributed by atoms with E-state index in [-0.39, 0.29) is 30.8 Å². The third-order valence-corrected chi connectivity index (χ3v) is 6.11. The lowest BCUT2D eigenvalue weighted by molar-refractivity contribution is -0.134. The molecule has 0 radical (unpaired) electrons. The second-order valence-electron chi connectivity index (χ2n) is 9.01. The molecule has 5 rings (SSSR count). The number of cyclic esters (lactones) is 1. The van der Waals surface area contributed by atoms with E-state index < -0.39 is 11.7 Å². The Morgan fingerprint density at radius 3 is 2.53 bits per heavy atom. The molecule has 0 spiro atoms. The van der Waals surface area contributed by atoms with Gasteiger partial charge in [0.1, 0.15) is 0 Å². The molecule has 3 aliphatic rings. The molecule has 0 saturated carbocycles. The number of benzene rings is 1. The summed E-state index contributed by atoms with van der Waals surface area (Å²) >= 11 is 0. The number of amides is 3. The van der Waals surface area contributed by atoms with Gasteiger partial charge in [0, 0.05) is 42.8 Å². The molecule has 0 aliphatic carbocycles. The van der Waals surface area contributed by atoms with Crippen LogP contribution in [0.4, 0.5) is 10.5 Å². The minimum absolute atomic E-state index is 0. The summed E-state index contributed by atoms with van der Waals surface area (Å²) in [5.74, 6) is -0.568. The Morgan fingerprint density at radius 2 is 1.82 bits per heavy atom. The van der Waals surface area contributed by atoms with Crippen molar-refractivity contribution in [1.82, 2.24) is 14.8 Å². The molecule has 3 amide bonds. The van der Waals surface area contributed by atoms with Crippen molar-refractivity contribution in [2.45, 2.75) is 32.5 Å².